The minimum absolute atomic E-state index is 0.133. The number of hydrogen-bond donors (Lipinski definition) is 4. The van der Waals surface area contributed by atoms with Crippen molar-refractivity contribution in [3.05, 3.63) is 62.9 Å². The van der Waals surface area contributed by atoms with Crippen LogP contribution in [0.1, 0.15) is 23.5 Å². The zero-order valence-corrected chi connectivity index (χ0v) is 17.3. The van der Waals surface area contributed by atoms with Gasteiger partial charge >= 0.3 is 12.4 Å². The van der Waals surface area contributed by atoms with Crippen LogP contribution in [0.5, 0.6) is 5.75 Å². The molecule has 3 rings (SSSR count). The number of ketones is 1. The molecule has 1 unspecified atom stereocenters. The lowest BCUT2D eigenvalue weighted by atomic mass is 10.1. The number of ether oxygens (including phenoxy) is 1. The molecule has 0 radical (unpaired) electrons. The Morgan fingerprint density at radius 2 is 1.97 bits per heavy atom. The molecule has 0 aliphatic carbocycles. The lowest BCUT2D eigenvalue weighted by molar-refractivity contribution is -0.0546. The van der Waals surface area contributed by atoms with Crippen LogP contribution in [-0.4, -0.2) is 55.4 Å². The van der Waals surface area contributed by atoms with E-state index in [1.54, 1.807) is 0 Å². The zero-order valence-electron chi connectivity index (χ0n) is 15.6. The van der Waals surface area contributed by atoms with E-state index in [1.165, 1.54) is 31.2 Å². The van der Waals surface area contributed by atoms with Crippen LogP contribution in [-0.2, 0) is 21.1 Å². The van der Waals surface area contributed by atoms with Crippen molar-refractivity contribution in [2.45, 2.75) is 31.5 Å². The molecule has 0 bridgehead atoms. The Kier molecular flexibility index (Phi) is 6.68. The first-order chi connectivity index (χ1) is 14.1. The van der Waals surface area contributed by atoms with Crippen LogP contribution in [0.15, 0.2) is 46.1 Å². The van der Waals surface area contributed by atoms with Crippen molar-refractivity contribution in [1.29, 1.82) is 0 Å². The summed E-state index contributed by atoms with van der Waals surface area (Å²) in [6, 6.07) is 6.87. The molecule has 162 valence electrons. The molecule has 1 aromatic heterocycles. The molecule has 2 aromatic rings. The van der Waals surface area contributed by atoms with Crippen LogP contribution in [0.2, 0.25) is 0 Å². The predicted octanol–water partition coefficient (Wildman–Crippen LogP) is -0.329. The number of nitrogens with one attached hydrogen (secondary N) is 1. The molecule has 0 saturated carbocycles. The van der Waals surface area contributed by atoms with E-state index in [-0.39, 0.29) is 11.5 Å². The number of carbonyl (C=O) groups is 1. The van der Waals surface area contributed by atoms with Crippen LogP contribution in [0, 0.1) is 0 Å². The fraction of sp³-hybridized carbons (Fsp3) is 0.353. The number of carbonyl (C=O) groups excluding carboxylic acids is 1. The molecule has 13 heteroatoms. The number of benzene rings is 1. The number of aliphatic hydroxyl groups excluding tert-OH is 2. The molecule has 1 aromatic carbocycles. The van der Waals surface area contributed by atoms with Gasteiger partial charge in [-0.15, -0.1) is 0 Å². The van der Waals surface area contributed by atoms with Crippen molar-refractivity contribution >= 4 is 24.3 Å². The highest BCUT2D eigenvalue weighted by Gasteiger charge is 2.48. The standard InChI is InChI=1S/C17H19N2O9PS/c1-9(21)10-2-4-11(5-3-10)27-29(25,30)28-15-12(8-20)26-16(14(15)23)19-7-6-13(22)18-17(19)24/h2-7,12,14-16,20,23H,8H2,1H3,(H,25,30)(H,18,22,24)/t12-,14-,15-,16-,29?/m1/s1. The highest BCUT2D eigenvalue weighted by molar-refractivity contribution is 8.07. The normalized spacial score (nSPS) is 25.6. The Hall–Kier alpha value is -2.18. The SMILES string of the molecule is CC(=O)c1ccc(OP(O)(=S)O[C@H]2[C@@H](O)[C@H](n3ccc(=O)[nH]c3=O)O[C@@H]2CO)cc1. The lowest BCUT2D eigenvalue weighted by Gasteiger charge is -2.25. The minimum Gasteiger partial charge on any atom is -0.424 e. The molecule has 0 amide bonds. The number of nitrogens with zero attached hydrogens (tertiary/aromatic N) is 1. The number of aliphatic hydroxyl groups is 2. The molecule has 30 heavy (non-hydrogen) atoms. The summed E-state index contributed by atoms with van der Waals surface area (Å²) in [6.07, 6.45) is -4.17. The minimum atomic E-state index is -3.98. The second-order valence-electron chi connectivity index (χ2n) is 6.47. The van der Waals surface area contributed by atoms with Gasteiger partial charge in [0.15, 0.2) is 12.0 Å². The van der Waals surface area contributed by atoms with Crippen LogP contribution in [0.25, 0.3) is 0 Å². The van der Waals surface area contributed by atoms with Gasteiger partial charge in [-0.25, -0.2) is 4.79 Å². The number of Topliss-reactive ketones (excluding diaryl/α,β-unsaturated/α-hetero) is 1. The predicted molar refractivity (Wildman–Crippen MR) is 107 cm³/mol. The van der Waals surface area contributed by atoms with Crippen molar-refractivity contribution in [2.24, 2.45) is 0 Å². The fourth-order valence-electron chi connectivity index (χ4n) is 2.91. The van der Waals surface area contributed by atoms with E-state index >= 15 is 0 Å². The highest BCUT2D eigenvalue weighted by atomic mass is 32.5. The number of aromatic amines is 1. The number of H-pyrrole nitrogens is 1. The Labute approximate surface area is 174 Å². The molecule has 5 atom stereocenters. The summed E-state index contributed by atoms with van der Waals surface area (Å²) < 4.78 is 17.1. The van der Waals surface area contributed by atoms with E-state index in [0.29, 0.717) is 5.56 Å². The Bertz CT molecular complexity index is 1080. The monoisotopic (exact) mass is 458 g/mol. The highest BCUT2D eigenvalue weighted by Crippen LogP contribution is 2.48. The van der Waals surface area contributed by atoms with Gasteiger partial charge in [0.05, 0.1) is 6.61 Å². The smallest absolute Gasteiger partial charge is 0.378 e. The molecular formula is C17H19N2O9PS. The van der Waals surface area contributed by atoms with Gasteiger partial charge in [0.25, 0.3) is 5.56 Å². The van der Waals surface area contributed by atoms with Crippen molar-refractivity contribution in [1.82, 2.24) is 9.55 Å². The van der Waals surface area contributed by atoms with Gasteiger partial charge in [-0.1, -0.05) is 0 Å². The maximum absolute atomic E-state index is 12.0. The first-order valence-electron chi connectivity index (χ1n) is 8.69. The van der Waals surface area contributed by atoms with Gasteiger partial charge in [0, 0.05) is 29.6 Å². The van der Waals surface area contributed by atoms with Crippen LogP contribution >= 0.6 is 6.72 Å². The summed E-state index contributed by atoms with van der Waals surface area (Å²) in [4.78, 5) is 47.0. The fourth-order valence-corrected chi connectivity index (χ4v) is 4.47. The van der Waals surface area contributed by atoms with Gasteiger partial charge < -0.3 is 24.4 Å². The van der Waals surface area contributed by atoms with Gasteiger partial charge in [0.1, 0.15) is 24.1 Å². The second kappa shape index (κ2) is 8.90. The van der Waals surface area contributed by atoms with Gasteiger partial charge in [0.2, 0.25) is 0 Å². The lowest BCUT2D eigenvalue weighted by Crippen LogP contribution is -2.38. The molecule has 2 heterocycles. The van der Waals surface area contributed by atoms with E-state index in [1.807, 2.05) is 4.98 Å². The van der Waals surface area contributed by atoms with E-state index in [0.717, 1.165) is 16.8 Å². The molecule has 1 aliphatic rings. The maximum atomic E-state index is 12.0. The van der Waals surface area contributed by atoms with E-state index in [4.69, 9.17) is 25.6 Å². The molecule has 4 N–H and O–H groups in total. The van der Waals surface area contributed by atoms with E-state index in [9.17, 15) is 29.5 Å². The zero-order chi connectivity index (χ0) is 22.1. The summed E-state index contributed by atoms with van der Waals surface area (Å²) >= 11 is 4.99. The summed E-state index contributed by atoms with van der Waals surface area (Å²) in [5.74, 6) is -0.0185. The van der Waals surface area contributed by atoms with Crippen LogP contribution in [0.3, 0.4) is 0 Å². The number of aromatic nitrogens is 2. The molecular weight excluding hydrogens is 439 g/mol. The number of hydrogen-bond acceptors (Lipinski definition) is 9. The summed E-state index contributed by atoms with van der Waals surface area (Å²) in [5, 5.41) is 20.1. The van der Waals surface area contributed by atoms with Crippen molar-refractivity contribution in [3.8, 4) is 5.75 Å². The van der Waals surface area contributed by atoms with Crippen molar-refractivity contribution < 1.29 is 33.7 Å². The maximum Gasteiger partial charge on any atom is 0.378 e. The number of rotatable bonds is 7. The third-order valence-electron chi connectivity index (χ3n) is 4.35. The molecule has 1 fully saturated rings. The molecule has 1 saturated heterocycles. The third kappa shape index (κ3) is 4.93. The second-order valence-corrected chi connectivity index (χ2v) is 9.18. The average Bonchev–Trinajstić information content (AvgIpc) is 2.97. The van der Waals surface area contributed by atoms with Crippen molar-refractivity contribution in [3.63, 3.8) is 0 Å². The first kappa shape index (κ1) is 22.5. The van der Waals surface area contributed by atoms with Gasteiger partial charge in [-0.05, 0) is 31.2 Å². The summed E-state index contributed by atoms with van der Waals surface area (Å²) in [5.41, 5.74) is -1.04. The molecule has 0 spiro atoms. The van der Waals surface area contributed by atoms with Crippen molar-refractivity contribution in [2.75, 3.05) is 6.61 Å². The van der Waals surface area contributed by atoms with Crippen LogP contribution < -0.4 is 15.8 Å². The van der Waals surface area contributed by atoms with Gasteiger partial charge in [-0.3, -0.25) is 23.7 Å². The van der Waals surface area contributed by atoms with Gasteiger partial charge in [-0.2, -0.15) is 0 Å². The molecule has 11 nitrogen and oxygen atoms in total. The summed E-state index contributed by atoms with van der Waals surface area (Å²) in [7, 11) is 0. The van der Waals surface area contributed by atoms with E-state index in [2.05, 4.69) is 0 Å². The quantitative estimate of drug-likeness (QED) is 0.319. The van der Waals surface area contributed by atoms with Crippen LogP contribution in [0.4, 0.5) is 0 Å². The summed E-state index contributed by atoms with van der Waals surface area (Å²) in [6.45, 7) is -3.19. The Balaban J connectivity index is 1.78. The molecule has 1 aliphatic heterocycles. The Morgan fingerprint density at radius 1 is 1.30 bits per heavy atom. The average molecular weight is 458 g/mol. The Morgan fingerprint density at radius 3 is 2.53 bits per heavy atom. The van der Waals surface area contributed by atoms with E-state index < -0.39 is 49.1 Å². The largest absolute Gasteiger partial charge is 0.424 e. The first-order valence-corrected chi connectivity index (χ1v) is 11.3. The third-order valence-corrected chi connectivity index (χ3v) is 5.78. The topological polar surface area (TPSA) is 160 Å².